The Labute approximate surface area is 105 Å². The summed E-state index contributed by atoms with van der Waals surface area (Å²) in [6.07, 6.45) is -2.07. The van der Waals surface area contributed by atoms with Gasteiger partial charge in [-0.05, 0) is 6.92 Å². The van der Waals surface area contributed by atoms with Crippen molar-refractivity contribution in [3.63, 3.8) is 0 Å². The predicted molar refractivity (Wildman–Crippen MR) is 59.4 cm³/mol. The van der Waals surface area contributed by atoms with Gasteiger partial charge in [-0.2, -0.15) is 0 Å². The fourth-order valence-corrected chi connectivity index (χ4v) is 1.88. The lowest BCUT2D eigenvalue weighted by molar-refractivity contribution is 0.0517. The standard InChI is InChI=1S/C10H10BrF2NO3/c1-2-17-10(16)8-5(3-11)7(9(12)13)6(15)4-14-8/h4,9,15H,2-3H2,1H3. The van der Waals surface area contributed by atoms with E-state index in [2.05, 4.69) is 20.9 Å². The number of pyridine rings is 1. The molecule has 1 heterocycles. The van der Waals surface area contributed by atoms with Crippen LogP contribution in [0, 0.1) is 0 Å². The summed E-state index contributed by atoms with van der Waals surface area (Å²) < 4.78 is 30.2. The van der Waals surface area contributed by atoms with Crippen LogP contribution in [0.3, 0.4) is 0 Å². The molecule has 1 aromatic rings. The number of hydrogen-bond acceptors (Lipinski definition) is 4. The molecule has 4 nitrogen and oxygen atoms in total. The van der Waals surface area contributed by atoms with E-state index in [9.17, 15) is 18.7 Å². The van der Waals surface area contributed by atoms with Gasteiger partial charge >= 0.3 is 5.97 Å². The molecule has 0 saturated carbocycles. The minimum absolute atomic E-state index is 0.0256. The van der Waals surface area contributed by atoms with E-state index in [-0.39, 0.29) is 23.2 Å². The molecule has 0 saturated heterocycles. The first-order chi connectivity index (χ1) is 8.02. The van der Waals surface area contributed by atoms with Crippen molar-refractivity contribution in [3.05, 3.63) is 23.0 Å². The highest BCUT2D eigenvalue weighted by atomic mass is 79.9. The number of carbonyl (C=O) groups is 1. The van der Waals surface area contributed by atoms with Crippen LogP contribution in [0.5, 0.6) is 5.75 Å². The molecule has 17 heavy (non-hydrogen) atoms. The lowest BCUT2D eigenvalue weighted by atomic mass is 10.1. The van der Waals surface area contributed by atoms with Gasteiger partial charge in [-0.25, -0.2) is 18.6 Å². The van der Waals surface area contributed by atoms with Gasteiger partial charge in [0.15, 0.2) is 5.69 Å². The molecule has 94 valence electrons. The minimum Gasteiger partial charge on any atom is -0.506 e. The average Bonchev–Trinajstić information content (AvgIpc) is 2.27. The number of carbonyl (C=O) groups excluding carboxylic acids is 1. The molecule has 0 amide bonds. The largest absolute Gasteiger partial charge is 0.506 e. The summed E-state index contributed by atoms with van der Waals surface area (Å²) in [6.45, 7) is 1.72. The molecule has 0 spiro atoms. The van der Waals surface area contributed by atoms with Gasteiger partial charge in [0.25, 0.3) is 6.43 Å². The summed E-state index contributed by atoms with van der Waals surface area (Å²) in [4.78, 5) is 15.1. The van der Waals surface area contributed by atoms with Crippen LogP contribution in [0.4, 0.5) is 8.78 Å². The van der Waals surface area contributed by atoms with E-state index in [1.54, 1.807) is 6.92 Å². The van der Waals surface area contributed by atoms with Gasteiger partial charge in [-0.1, -0.05) is 15.9 Å². The van der Waals surface area contributed by atoms with Gasteiger partial charge in [0.1, 0.15) is 5.75 Å². The minimum atomic E-state index is -2.89. The number of aromatic nitrogens is 1. The van der Waals surface area contributed by atoms with Gasteiger partial charge in [-0.15, -0.1) is 0 Å². The average molecular weight is 310 g/mol. The number of hydrogen-bond donors (Lipinski definition) is 1. The Morgan fingerprint density at radius 1 is 1.65 bits per heavy atom. The Morgan fingerprint density at radius 2 is 2.29 bits per heavy atom. The van der Waals surface area contributed by atoms with Gasteiger partial charge in [-0.3, -0.25) is 0 Å². The van der Waals surface area contributed by atoms with E-state index < -0.39 is 23.7 Å². The molecule has 1 aromatic heterocycles. The molecule has 0 aliphatic carbocycles. The zero-order chi connectivity index (χ0) is 13.0. The van der Waals surface area contributed by atoms with Crippen molar-refractivity contribution in [2.24, 2.45) is 0 Å². The van der Waals surface area contributed by atoms with Crippen molar-refractivity contribution >= 4 is 21.9 Å². The number of esters is 1. The maximum Gasteiger partial charge on any atom is 0.357 e. The molecular weight excluding hydrogens is 300 g/mol. The van der Waals surface area contributed by atoms with Crippen LogP contribution in [0.25, 0.3) is 0 Å². The van der Waals surface area contributed by atoms with Crippen LogP contribution >= 0.6 is 15.9 Å². The topological polar surface area (TPSA) is 59.4 Å². The number of nitrogens with zero attached hydrogens (tertiary/aromatic N) is 1. The molecule has 0 atom stereocenters. The molecule has 0 bridgehead atoms. The lowest BCUT2D eigenvalue weighted by Crippen LogP contribution is -2.12. The molecule has 0 radical (unpaired) electrons. The molecule has 0 aliphatic heterocycles. The van der Waals surface area contributed by atoms with E-state index in [1.807, 2.05) is 0 Å². The number of halogens is 3. The van der Waals surface area contributed by atoms with E-state index >= 15 is 0 Å². The molecule has 1 N–H and O–H groups in total. The highest BCUT2D eigenvalue weighted by Crippen LogP contribution is 2.33. The highest BCUT2D eigenvalue weighted by molar-refractivity contribution is 9.08. The summed E-state index contributed by atoms with van der Waals surface area (Å²) in [5, 5.41) is 9.29. The van der Waals surface area contributed by atoms with E-state index in [0.717, 1.165) is 6.20 Å². The van der Waals surface area contributed by atoms with Crippen LogP contribution in [-0.2, 0) is 10.1 Å². The second-order valence-electron chi connectivity index (χ2n) is 3.04. The maximum atomic E-state index is 12.7. The molecule has 0 fully saturated rings. The van der Waals surface area contributed by atoms with Crippen LogP contribution in [-0.4, -0.2) is 22.7 Å². The third-order valence-electron chi connectivity index (χ3n) is 2.02. The summed E-state index contributed by atoms with van der Waals surface area (Å²) in [5.74, 6) is -1.42. The first-order valence-electron chi connectivity index (χ1n) is 4.74. The first-order valence-corrected chi connectivity index (χ1v) is 5.87. The highest BCUT2D eigenvalue weighted by Gasteiger charge is 2.25. The summed E-state index contributed by atoms with van der Waals surface area (Å²) in [6, 6.07) is 0. The Balaban J connectivity index is 3.32. The van der Waals surface area contributed by atoms with Crippen molar-refractivity contribution in [3.8, 4) is 5.75 Å². The third kappa shape index (κ3) is 2.91. The zero-order valence-electron chi connectivity index (χ0n) is 8.91. The second-order valence-corrected chi connectivity index (χ2v) is 3.60. The molecule has 7 heteroatoms. The summed E-state index contributed by atoms with van der Waals surface area (Å²) in [5.41, 5.74) is -0.866. The van der Waals surface area contributed by atoms with Gasteiger partial charge in [0.2, 0.25) is 0 Å². The second kappa shape index (κ2) is 5.90. The van der Waals surface area contributed by atoms with Crippen molar-refractivity contribution in [2.45, 2.75) is 18.7 Å². The fraction of sp³-hybridized carbons (Fsp3) is 0.400. The van der Waals surface area contributed by atoms with Crippen LogP contribution in [0.15, 0.2) is 6.20 Å². The molecule has 1 rings (SSSR count). The number of ether oxygens (including phenoxy) is 1. The van der Waals surface area contributed by atoms with Gasteiger partial charge < -0.3 is 9.84 Å². The molecule has 0 unspecified atom stereocenters. The zero-order valence-corrected chi connectivity index (χ0v) is 10.5. The molecular formula is C10H10BrF2NO3. The Hall–Kier alpha value is -1.24. The van der Waals surface area contributed by atoms with Crippen LogP contribution < -0.4 is 0 Å². The third-order valence-corrected chi connectivity index (χ3v) is 2.58. The van der Waals surface area contributed by atoms with Crippen molar-refractivity contribution in [1.29, 1.82) is 0 Å². The summed E-state index contributed by atoms with van der Waals surface area (Å²) in [7, 11) is 0. The van der Waals surface area contributed by atoms with E-state index in [4.69, 9.17) is 4.74 Å². The lowest BCUT2D eigenvalue weighted by Gasteiger charge is -2.12. The Morgan fingerprint density at radius 3 is 2.76 bits per heavy atom. The fourth-order valence-electron chi connectivity index (χ4n) is 1.31. The monoisotopic (exact) mass is 309 g/mol. The van der Waals surface area contributed by atoms with Gasteiger partial charge in [0.05, 0.1) is 18.4 Å². The van der Waals surface area contributed by atoms with E-state index in [1.165, 1.54) is 0 Å². The maximum absolute atomic E-state index is 12.7. The number of alkyl halides is 3. The SMILES string of the molecule is CCOC(=O)c1ncc(O)c(C(F)F)c1CBr. The van der Waals surface area contributed by atoms with Crippen LogP contribution in [0.1, 0.15) is 35.0 Å². The molecule has 0 aliphatic rings. The van der Waals surface area contributed by atoms with Gasteiger partial charge in [0, 0.05) is 10.9 Å². The predicted octanol–water partition coefficient (Wildman–Crippen LogP) is 2.80. The summed E-state index contributed by atoms with van der Waals surface area (Å²) >= 11 is 2.99. The normalized spacial score (nSPS) is 10.6. The van der Waals surface area contributed by atoms with Crippen LogP contribution in [0.2, 0.25) is 0 Å². The van der Waals surface area contributed by atoms with Crippen molar-refractivity contribution in [2.75, 3.05) is 6.61 Å². The Bertz CT molecular complexity index is 426. The first kappa shape index (κ1) is 13.8. The smallest absolute Gasteiger partial charge is 0.357 e. The van der Waals surface area contributed by atoms with Crippen molar-refractivity contribution in [1.82, 2.24) is 4.98 Å². The van der Waals surface area contributed by atoms with E-state index in [0.29, 0.717) is 0 Å². The molecule has 0 aromatic carbocycles. The Kier molecular flexibility index (Phi) is 4.80. The number of aromatic hydroxyl groups is 1. The quantitative estimate of drug-likeness (QED) is 0.686. The number of rotatable bonds is 4. The van der Waals surface area contributed by atoms with Crippen molar-refractivity contribution < 1.29 is 23.4 Å².